The number of hydrogen-bond donors (Lipinski definition) is 0. The minimum atomic E-state index is -0.771. The lowest BCUT2D eigenvalue weighted by atomic mass is 9.59. The molecule has 1 aliphatic heterocycles. The van der Waals surface area contributed by atoms with E-state index in [1.165, 1.54) is 5.56 Å². The molecule has 0 N–H and O–H groups in total. The van der Waals surface area contributed by atoms with Crippen molar-refractivity contribution in [3.63, 3.8) is 0 Å². The van der Waals surface area contributed by atoms with Crippen LogP contribution in [0.5, 0.6) is 0 Å². The molecule has 4 aromatic carbocycles. The van der Waals surface area contributed by atoms with Crippen LogP contribution in [0.4, 0.5) is 5.69 Å². The van der Waals surface area contributed by atoms with Gasteiger partial charge in [0.1, 0.15) is 5.41 Å². The number of hydrogen-bond acceptors (Lipinski definition) is 1. The molecule has 33 heavy (non-hydrogen) atoms. The molecular formula is C31H29NO. The summed E-state index contributed by atoms with van der Waals surface area (Å²) in [6, 6.07) is 39.2. The molecule has 4 aromatic rings. The molecule has 0 aliphatic carbocycles. The number of anilines is 1. The van der Waals surface area contributed by atoms with Gasteiger partial charge in [0.2, 0.25) is 5.91 Å². The Balaban J connectivity index is 1.71. The van der Waals surface area contributed by atoms with Gasteiger partial charge in [0.05, 0.1) is 6.04 Å². The van der Waals surface area contributed by atoms with Gasteiger partial charge in [-0.05, 0) is 39.8 Å². The molecule has 0 saturated carbocycles. The van der Waals surface area contributed by atoms with E-state index < -0.39 is 5.41 Å². The van der Waals surface area contributed by atoms with Gasteiger partial charge in [0.15, 0.2) is 0 Å². The van der Waals surface area contributed by atoms with Crippen LogP contribution in [0.3, 0.4) is 0 Å². The van der Waals surface area contributed by atoms with E-state index in [9.17, 15) is 4.79 Å². The smallest absolute Gasteiger partial charge is 0.245 e. The normalized spacial score (nSPS) is 17.5. The maximum Gasteiger partial charge on any atom is 0.245 e. The predicted molar refractivity (Wildman–Crippen MR) is 135 cm³/mol. The van der Waals surface area contributed by atoms with E-state index in [1.807, 2.05) is 47.4 Å². The van der Waals surface area contributed by atoms with E-state index in [1.54, 1.807) is 0 Å². The van der Waals surface area contributed by atoms with Crippen molar-refractivity contribution in [2.24, 2.45) is 0 Å². The Morgan fingerprint density at radius 1 is 0.636 bits per heavy atom. The molecule has 0 aromatic heterocycles. The van der Waals surface area contributed by atoms with Crippen LogP contribution in [0.25, 0.3) is 0 Å². The van der Waals surface area contributed by atoms with Gasteiger partial charge in [0, 0.05) is 5.69 Å². The van der Waals surface area contributed by atoms with Gasteiger partial charge in [-0.3, -0.25) is 4.79 Å². The van der Waals surface area contributed by atoms with Crippen LogP contribution in [0.1, 0.15) is 49.1 Å². The number of carbonyl (C=O) groups excluding carboxylic acids is 1. The second kappa shape index (κ2) is 8.04. The highest BCUT2D eigenvalue weighted by Crippen LogP contribution is 2.57. The molecule has 0 bridgehead atoms. The maximum atomic E-state index is 14.3. The van der Waals surface area contributed by atoms with Crippen LogP contribution in [0.15, 0.2) is 115 Å². The summed E-state index contributed by atoms with van der Waals surface area (Å²) >= 11 is 0. The second-order valence-corrected chi connectivity index (χ2v) is 9.83. The summed E-state index contributed by atoms with van der Waals surface area (Å²) in [5.74, 6) is 0.109. The highest BCUT2D eigenvalue weighted by Gasteiger charge is 2.63. The average Bonchev–Trinajstić information content (AvgIpc) is 2.84. The second-order valence-electron chi connectivity index (χ2n) is 9.83. The van der Waals surface area contributed by atoms with E-state index in [0.717, 1.165) is 22.4 Å². The van der Waals surface area contributed by atoms with E-state index >= 15 is 0 Å². The van der Waals surface area contributed by atoms with Crippen LogP contribution in [0, 0.1) is 0 Å². The van der Waals surface area contributed by atoms with Crippen molar-refractivity contribution in [1.82, 2.24) is 0 Å². The summed E-state index contributed by atoms with van der Waals surface area (Å²) < 4.78 is 0. The van der Waals surface area contributed by atoms with Crippen molar-refractivity contribution in [2.75, 3.05) is 4.90 Å². The number of nitrogens with zero attached hydrogens (tertiary/aromatic N) is 1. The van der Waals surface area contributed by atoms with E-state index in [0.29, 0.717) is 0 Å². The Morgan fingerprint density at radius 3 is 1.55 bits per heavy atom. The molecule has 1 heterocycles. The van der Waals surface area contributed by atoms with Crippen molar-refractivity contribution in [3.8, 4) is 0 Å². The fraction of sp³-hybridized carbons (Fsp3) is 0.194. The van der Waals surface area contributed by atoms with Crippen molar-refractivity contribution < 1.29 is 4.79 Å². The first kappa shape index (κ1) is 21.2. The third kappa shape index (κ3) is 3.38. The Morgan fingerprint density at radius 2 is 1.09 bits per heavy atom. The average molecular weight is 432 g/mol. The minimum Gasteiger partial charge on any atom is -0.302 e. The van der Waals surface area contributed by atoms with Gasteiger partial charge in [0.25, 0.3) is 0 Å². The fourth-order valence-corrected chi connectivity index (χ4v) is 5.11. The molecule has 2 nitrogen and oxygen atoms in total. The van der Waals surface area contributed by atoms with E-state index in [4.69, 9.17) is 0 Å². The number of carbonyl (C=O) groups is 1. The quantitative estimate of drug-likeness (QED) is 0.317. The number of benzene rings is 4. The topological polar surface area (TPSA) is 20.3 Å². The lowest BCUT2D eigenvalue weighted by Crippen LogP contribution is -2.67. The van der Waals surface area contributed by atoms with Crippen LogP contribution in [0.2, 0.25) is 0 Å². The van der Waals surface area contributed by atoms with E-state index in [2.05, 4.69) is 93.6 Å². The third-order valence-electron chi connectivity index (χ3n) is 6.81. The molecule has 1 saturated heterocycles. The summed E-state index contributed by atoms with van der Waals surface area (Å²) in [4.78, 5) is 16.3. The standard InChI is InChI=1S/C31H29NO/c1-30(2,3)24-19-21-27(22-20-24)32-28(23-13-7-4-8-14-23)31(29(32)33,25-15-9-5-10-16-25)26-17-11-6-12-18-26/h4-22,28H,1-3H3. The summed E-state index contributed by atoms with van der Waals surface area (Å²) in [7, 11) is 0. The molecule has 1 unspecified atom stereocenters. The summed E-state index contributed by atoms with van der Waals surface area (Å²) in [6.07, 6.45) is 0. The lowest BCUT2D eigenvalue weighted by molar-refractivity contribution is -0.131. The zero-order chi connectivity index (χ0) is 23.1. The van der Waals surface area contributed by atoms with Crippen LogP contribution >= 0.6 is 0 Å². The van der Waals surface area contributed by atoms with Gasteiger partial charge in [-0.1, -0.05) is 124 Å². The van der Waals surface area contributed by atoms with E-state index in [-0.39, 0.29) is 17.4 Å². The van der Waals surface area contributed by atoms with Crippen LogP contribution in [-0.2, 0) is 15.6 Å². The lowest BCUT2D eigenvalue weighted by Gasteiger charge is -2.57. The largest absolute Gasteiger partial charge is 0.302 e. The van der Waals surface area contributed by atoms with Gasteiger partial charge in [-0.15, -0.1) is 0 Å². The molecular weight excluding hydrogens is 402 g/mol. The number of rotatable bonds is 4. The van der Waals surface area contributed by atoms with Crippen molar-refractivity contribution in [2.45, 2.75) is 37.6 Å². The molecule has 2 heteroatoms. The van der Waals surface area contributed by atoms with Gasteiger partial charge < -0.3 is 4.90 Å². The first-order valence-electron chi connectivity index (χ1n) is 11.5. The highest BCUT2D eigenvalue weighted by molar-refractivity contribution is 6.12. The Bertz CT molecular complexity index is 1200. The van der Waals surface area contributed by atoms with Gasteiger partial charge in [-0.25, -0.2) is 0 Å². The summed E-state index contributed by atoms with van der Waals surface area (Å²) in [5.41, 5.74) is 4.66. The van der Waals surface area contributed by atoms with Crippen molar-refractivity contribution >= 4 is 11.6 Å². The highest BCUT2D eigenvalue weighted by atomic mass is 16.2. The van der Waals surface area contributed by atoms with Crippen LogP contribution in [-0.4, -0.2) is 5.91 Å². The molecule has 1 amide bonds. The van der Waals surface area contributed by atoms with Gasteiger partial charge in [-0.2, -0.15) is 0 Å². The molecule has 0 spiro atoms. The third-order valence-corrected chi connectivity index (χ3v) is 6.81. The molecule has 164 valence electrons. The van der Waals surface area contributed by atoms with Crippen molar-refractivity contribution in [1.29, 1.82) is 0 Å². The van der Waals surface area contributed by atoms with Crippen molar-refractivity contribution in [3.05, 3.63) is 138 Å². The monoisotopic (exact) mass is 431 g/mol. The van der Waals surface area contributed by atoms with Crippen LogP contribution < -0.4 is 4.90 Å². The molecule has 1 atom stereocenters. The van der Waals surface area contributed by atoms with Gasteiger partial charge >= 0.3 is 0 Å². The molecule has 0 radical (unpaired) electrons. The summed E-state index contributed by atoms with van der Waals surface area (Å²) in [5, 5.41) is 0. The predicted octanol–water partition coefficient (Wildman–Crippen LogP) is 7.06. The number of amides is 1. The molecule has 1 fully saturated rings. The molecule has 5 rings (SSSR count). The SMILES string of the molecule is CC(C)(C)c1ccc(N2C(=O)C(c3ccccc3)(c3ccccc3)C2c2ccccc2)cc1. The Hall–Kier alpha value is -3.65. The first-order valence-corrected chi connectivity index (χ1v) is 11.5. The zero-order valence-corrected chi connectivity index (χ0v) is 19.4. The first-order chi connectivity index (χ1) is 15.9. The number of β-lactam (4-membered cyclic amide) rings is 1. The Kier molecular flexibility index (Phi) is 5.17. The maximum absolute atomic E-state index is 14.3. The molecule has 1 aliphatic rings. The zero-order valence-electron chi connectivity index (χ0n) is 19.4. The Labute approximate surface area is 196 Å². The fourth-order valence-electron chi connectivity index (χ4n) is 5.11. The summed E-state index contributed by atoms with van der Waals surface area (Å²) in [6.45, 7) is 6.62. The minimum absolute atomic E-state index is 0.0636.